The summed E-state index contributed by atoms with van der Waals surface area (Å²) in [6.45, 7) is 16.7. The molecule has 5 aliphatic carbocycles. The van der Waals surface area contributed by atoms with Crippen molar-refractivity contribution in [1.82, 2.24) is 0 Å². The van der Waals surface area contributed by atoms with Gasteiger partial charge in [-0.1, -0.05) is 39.8 Å². The molecule has 186 valence electrons. The van der Waals surface area contributed by atoms with Gasteiger partial charge in [-0.15, -0.1) is 0 Å². The van der Waals surface area contributed by atoms with E-state index in [4.69, 9.17) is 0 Å². The molecular weight excluding hydrogens is 408 g/mol. The topological polar surface area (TPSA) is 57.5 Å². The molecule has 0 aromatic heterocycles. The third-order valence-electron chi connectivity index (χ3n) is 13.4. The maximum absolute atomic E-state index is 13.0. The summed E-state index contributed by atoms with van der Waals surface area (Å²) in [5.41, 5.74) is 1.50. The second-order valence-corrected chi connectivity index (χ2v) is 14.2. The van der Waals surface area contributed by atoms with Crippen LogP contribution in [0.25, 0.3) is 0 Å². The quantitative estimate of drug-likeness (QED) is 0.499. The molecule has 0 heterocycles. The van der Waals surface area contributed by atoms with Crippen molar-refractivity contribution in [1.29, 1.82) is 0 Å². The molecule has 0 spiro atoms. The van der Waals surface area contributed by atoms with Crippen LogP contribution in [-0.4, -0.2) is 29.2 Å². The van der Waals surface area contributed by atoms with E-state index in [9.17, 15) is 15.0 Å². The fourth-order valence-electron chi connectivity index (χ4n) is 11.4. The average molecular weight is 457 g/mol. The van der Waals surface area contributed by atoms with Gasteiger partial charge in [0.2, 0.25) is 0 Å². The van der Waals surface area contributed by atoms with Gasteiger partial charge >= 0.3 is 0 Å². The van der Waals surface area contributed by atoms with Crippen molar-refractivity contribution in [2.75, 3.05) is 13.2 Å². The Bertz CT molecular complexity index is 849. The van der Waals surface area contributed by atoms with Crippen molar-refractivity contribution < 1.29 is 15.0 Å². The van der Waals surface area contributed by atoms with Crippen molar-refractivity contribution in [3.8, 4) is 0 Å². The smallest absolute Gasteiger partial charge is 0.141 e. The number of aliphatic hydroxyl groups is 2. The van der Waals surface area contributed by atoms with Crippen molar-refractivity contribution >= 4 is 5.78 Å². The van der Waals surface area contributed by atoms with Crippen molar-refractivity contribution in [3.05, 3.63) is 12.2 Å². The van der Waals surface area contributed by atoms with Gasteiger partial charge in [-0.05, 0) is 116 Å². The molecule has 0 bridgehead atoms. The molecule has 3 nitrogen and oxygen atoms in total. The monoisotopic (exact) mass is 456 g/mol. The summed E-state index contributed by atoms with van der Waals surface area (Å²) in [5.74, 6) is 2.96. The van der Waals surface area contributed by atoms with Crippen LogP contribution in [0.5, 0.6) is 0 Å². The van der Waals surface area contributed by atoms with Crippen LogP contribution in [0.1, 0.15) is 98.8 Å². The maximum atomic E-state index is 13.0. The highest BCUT2D eigenvalue weighted by molar-refractivity contribution is 5.86. The number of rotatable bonds is 3. The number of hydrogen-bond donors (Lipinski definition) is 2. The Morgan fingerprint density at radius 2 is 1.61 bits per heavy atom. The third-order valence-corrected chi connectivity index (χ3v) is 13.4. The largest absolute Gasteiger partial charge is 0.396 e. The molecule has 0 aliphatic heterocycles. The molecule has 0 amide bonds. The third kappa shape index (κ3) is 2.79. The summed E-state index contributed by atoms with van der Waals surface area (Å²) >= 11 is 0. The Balaban J connectivity index is 1.55. The highest BCUT2D eigenvalue weighted by Crippen LogP contribution is 2.77. The standard InChI is InChI=1S/C30H48O3/c1-19(2)20-9-14-30(18-32)16-15-28(5)21(25(20)30)7-8-23-26(3)12-11-24(33)27(4,17-31)22(26)10-13-29(23,28)6/h20-23,25,31-32H,1,7-18H2,2-6H3/t20-,21+,22+,23+,25+,26-,27+,28+,29+,30+/m0/s1. The molecule has 5 fully saturated rings. The number of allylic oxidation sites excluding steroid dienone is 1. The zero-order valence-electron chi connectivity index (χ0n) is 21.9. The lowest BCUT2D eigenvalue weighted by Gasteiger charge is -2.72. The normalized spacial score (nSPS) is 55.8. The second kappa shape index (κ2) is 7.42. The van der Waals surface area contributed by atoms with Crippen LogP contribution < -0.4 is 0 Å². The van der Waals surface area contributed by atoms with Crippen molar-refractivity contribution in [2.24, 2.45) is 56.7 Å². The lowest BCUT2D eigenvalue weighted by Crippen LogP contribution is -2.67. The molecule has 10 atom stereocenters. The Labute approximate surface area is 201 Å². The van der Waals surface area contributed by atoms with E-state index in [-0.39, 0.29) is 34.1 Å². The van der Waals surface area contributed by atoms with Gasteiger partial charge in [0.1, 0.15) is 5.78 Å². The first-order valence-electron chi connectivity index (χ1n) is 13.8. The van der Waals surface area contributed by atoms with Gasteiger partial charge in [0.05, 0.1) is 12.0 Å². The Morgan fingerprint density at radius 3 is 2.24 bits per heavy atom. The molecule has 5 saturated carbocycles. The van der Waals surface area contributed by atoms with Gasteiger partial charge in [0.15, 0.2) is 0 Å². The average Bonchev–Trinajstić information content (AvgIpc) is 3.17. The van der Waals surface area contributed by atoms with E-state index in [1.54, 1.807) is 0 Å². The fraction of sp³-hybridized carbons (Fsp3) is 0.900. The van der Waals surface area contributed by atoms with Crippen LogP contribution in [0.3, 0.4) is 0 Å². The van der Waals surface area contributed by atoms with Crippen molar-refractivity contribution in [3.63, 3.8) is 0 Å². The summed E-state index contributed by atoms with van der Waals surface area (Å²) in [6.07, 6.45) is 11.1. The van der Waals surface area contributed by atoms with Crippen LogP contribution in [0, 0.1) is 56.7 Å². The first kappa shape index (κ1) is 24.0. The predicted octanol–water partition coefficient (Wildman–Crippen LogP) is 6.18. The summed E-state index contributed by atoms with van der Waals surface area (Å²) in [6, 6.07) is 0. The molecule has 0 radical (unpaired) electrons. The first-order valence-corrected chi connectivity index (χ1v) is 13.8. The van der Waals surface area contributed by atoms with E-state index in [1.165, 1.54) is 37.7 Å². The van der Waals surface area contributed by atoms with E-state index in [1.807, 2.05) is 0 Å². The SMILES string of the molecule is C=C(C)[C@@H]1CC[C@]2(CO)CC[C@]3(C)[C@H](CC[C@@H]4[C@@]5(C)CCC(=O)[C@](C)(CO)[C@@H]5CC[C@]43C)[C@@H]12. The van der Waals surface area contributed by atoms with Crippen LogP contribution in [0.4, 0.5) is 0 Å². The van der Waals surface area contributed by atoms with Gasteiger partial charge < -0.3 is 10.2 Å². The number of fused-ring (bicyclic) bond motifs is 7. The number of Topliss-reactive ketones (excluding diaryl/α,β-unsaturated/α-hetero) is 1. The number of hydrogen-bond acceptors (Lipinski definition) is 3. The molecule has 2 N–H and O–H groups in total. The van der Waals surface area contributed by atoms with Crippen molar-refractivity contribution in [2.45, 2.75) is 98.8 Å². The minimum Gasteiger partial charge on any atom is -0.396 e. The Morgan fingerprint density at radius 1 is 0.879 bits per heavy atom. The van der Waals surface area contributed by atoms with Gasteiger partial charge in [0.25, 0.3) is 0 Å². The highest BCUT2D eigenvalue weighted by atomic mass is 16.3. The molecule has 0 aromatic carbocycles. The molecule has 5 rings (SSSR count). The zero-order chi connectivity index (χ0) is 24.0. The summed E-state index contributed by atoms with van der Waals surface area (Å²) in [4.78, 5) is 13.0. The summed E-state index contributed by atoms with van der Waals surface area (Å²) < 4.78 is 0. The number of ketones is 1. The molecule has 0 unspecified atom stereocenters. The van der Waals surface area contributed by atoms with Gasteiger partial charge in [-0.3, -0.25) is 4.79 Å². The highest BCUT2D eigenvalue weighted by Gasteiger charge is 2.71. The molecular formula is C30H48O3. The fourth-order valence-corrected chi connectivity index (χ4v) is 11.4. The Kier molecular flexibility index (Phi) is 5.40. The van der Waals surface area contributed by atoms with E-state index < -0.39 is 5.41 Å². The van der Waals surface area contributed by atoms with Crippen LogP contribution in [0.15, 0.2) is 12.2 Å². The summed E-state index contributed by atoms with van der Waals surface area (Å²) in [7, 11) is 0. The van der Waals surface area contributed by atoms with Gasteiger partial charge in [0, 0.05) is 13.0 Å². The van der Waals surface area contributed by atoms with Crippen LogP contribution in [-0.2, 0) is 4.79 Å². The summed E-state index contributed by atoms with van der Waals surface area (Å²) in [5, 5.41) is 21.0. The molecule has 3 heteroatoms. The lowest BCUT2D eigenvalue weighted by molar-refractivity contribution is -0.239. The Hall–Kier alpha value is -0.670. The van der Waals surface area contributed by atoms with Gasteiger partial charge in [-0.2, -0.15) is 0 Å². The first-order chi connectivity index (χ1) is 15.4. The molecule has 0 saturated heterocycles. The predicted molar refractivity (Wildman–Crippen MR) is 132 cm³/mol. The van der Waals surface area contributed by atoms with E-state index in [0.717, 1.165) is 25.7 Å². The maximum Gasteiger partial charge on any atom is 0.141 e. The van der Waals surface area contributed by atoms with E-state index in [2.05, 4.69) is 41.2 Å². The number of carbonyl (C=O) groups excluding carboxylic acids is 1. The van der Waals surface area contributed by atoms with Crippen LogP contribution in [0.2, 0.25) is 0 Å². The minimum atomic E-state index is -0.568. The van der Waals surface area contributed by atoms with Gasteiger partial charge in [-0.25, -0.2) is 0 Å². The van der Waals surface area contributed by atoms with E-state index in [0.29, 0.717) is 42.6 Å². The zero-order valence-corrected chi connectivity index (χ0v) is 21.9. The molecule has 0 aromatic rings. The number of carbonyl (C=O) groups is 1. The second-order valence-electron chi connectivity index (χ2n) is 14.2. The molecule has 5 aliphatic rings. The molecule has 33 heavy (non-hydrogen) atoms. The lowest BCUT2D eigenvalue weighted by atomic mass is 9.32. The number of aliphatic hydroxyl groups excluding tert-OH is 2. The van der Waals surface area contributed by atoms with Crippen LogP contribution >= 0.6 is 0 Å². The van der Waals surface area contributed by atoms with E-state index >= 15 is 0 Å². The minimum absolute atomic E-state index is 0.00317.